The molecule has 6 heteroatoms. The maximum absolute atomic E-state index is 3.97. The molecule has 0 amide bonds. The molecule has 0 aromatic carbocycles. The van der Waals surface area contributed by atoms with Crippen LogP contribution in [0.5, 0.6) is 0 Å². The van der Waals surface area contributed by atoms with Gasteiger partial charge in [0.1, 0.15) is 22.8 Å². The van der Waals surface area contributed by atoms with E-state index in [2.05, 4.69) is 86.5 Å². The van der Waals surface area contributed by atoms with Crippen LogP contribution in [0.1, 0.15) is 27.7 Å². The van der Waals surface area contributed by atoms with Gasteiger partial charge >= 0.3 is 0 Å². The number of nitrogens with zero attached hydrogens (tertiary/aromatic N) is 3. The van der Waals surface area contributed by atoms with Crippen LogP contribution in [0.2, 0.25) is 39.3 Å². The summed E-state index contributed by atoms with van der Waals surface area (Å²) in [6.45, 7) is 26.3. The average Bonchev–Trinajstić information content (AvgIpc) is 2.65. The second kappa shape index (κ2) is 6.80. The smallest absolute Gasteiger partial charge is 0.129 e. The van der Waals surface area contributed by atoms with Crippen molar-refractivity contribution in [2.24, 2.45) is 0 Å². The number of rotatable bonds is 6. The summed E-state index contributed by atoms with van der Waals surface area (Å²) in [7, 11) is -2.78. The van der Waals surface area contributed by atoms with Gasteiger partial charge in [0.15, 0.2) is 0 Å². The highest BCUT2D eigenvalue weighted by molar-refractivity contribution is 6.89. The molecule has 126 valence electrons. The van der Waals surface area contributed by atoms with Gasteiger partial charge < -0.3 is 0 Å². The molecular formula is C15H38N4Si2. The van der Waals surface area contributed by atoms with Crippen LogP contribution in [0, 0.1) is 0 Å². The zero-order valence-electron chi connectivity index (χ0n) is 16.0. The molecule has 0 radical (unpaired) electrons. The molecule has 0 aromatic rings. The van der Waals surface area contributed by atoms with Crippen LogP contribution in [0.15, 0.2) is 0 Å². The van der Waals surface area contributed by atoms with Crippen molar-refractivity contribution in [2.45, 2.75) is 85.4 Å². The molecule has 0 saturated carbocycles. The third-order valence-electron chi connectivity index (χ3n) is 4.16. The summed E-state index contributed by atoms with van der Waals surface area (Å²) >= 11 is 0. The molecule has 0 aromatic heterocycles. The van der Waals surface area contributed by atoms with E-state index in [4.69, 9.17) is 0 Å². The lowest BCUT2D eigenvalue weighted by molar-refractivity contribution is 0.0351. The monoisotopic (exact) mass is 330 g/mol. The Morgan fingerprint density at radius 2 is 1.14 bits per heavy atom. The lowest BCUT2D eigenvalue weighted by Crippen LogP contribution is -2.71. The Kier molecular flexibility index (Phi) is 6.26. The summed E-state index contributed by atoms with van der Waals surface area (Å²) in [6.07, 6.45) is 0.350. The fourth-order valence-corrected chi connectivity index (χ4v) is 12.5. The van der Waals surface area contributed by atoms with Crippen molar-refractivity contribution in [2.75, 3.05) is 13.1 Å². The van der Waals surface area contributed by atoms with Gasteiger partial charge in [-0.1, -0.05) is 39.3 Å². The fourth-order valence-electron chi connectivity index (χ4n) is 3.40. The van der Waals surface area contributed by atoms with Crippen molar-refractivity contribution < 1.29 is 0 Å². The van der Waals surface area contributed by atoms with Gasteiger partial charge in [0.05, 0.1) is 0 Å². The van der Waals surface area contributed by atoms with Crippen molar-refractivity contribution in [1.29, 1.82) is 0 Å². The van der Waals surface area contributed by atoms with Gasteiger partial charge in [-0.15, -0.1) is 0 Å². The van der Waals surface area contributed by atoms with Gasteiger partial charge in [0, 0.05) is 25.2 Å². The van der Waals surface area contributed by atoms with Crippen LogP contribution < -0.4 is 5.43 Å². The Labute approximate surface area is 135 Å². The van der Waals surface area contributed by atoms with Crippen LogP contribution >= 0.6 is 0 Å². The Morgan fingerprint density at radius 1 is 0.810 bits per heavy atom. The quantitative estimate of drug-likeness (QED) is 0.596. The zero-order chi connectivity index (χ0) is 16.6. The maximum atomic E-state index is 3.97. The molecule has 1 saturated heterocycles. The zero-order valence-corrected chi connectivity index (χ0v) is 18.0. The van der Waals surface area contributed by atoms with Crippen molar-refractivity contribution in [3.63, 3.8) is 0 Å². The molecular weight excluding hydrogens is 292 g/mol. The van der Waals surface area contributed by atoms with Crippen LogP contribution in [-0.4, -0.2) is 62.1 Å². The molecule has 1 heterocycles. The summed E-state index contributed by atoms with van der Waals surface area (Å²) in [5.41, 5.74) is 3.97. The first-order valence-corrected chi connectivity index (χ1v) is 15.3. The first-order valence-electron chi connectivity index (χ1n) is 8.43. The molecule has 0 aliphatic carbocycles. The minimum Gasteiger partial charge on any atom is -0.284 e. The van der Waals surface area contributed by atoms with E-state index in [1.165, 1.54) is 13.1 Å². The molecule has 1 fully saturated rings. The predicted octanol–water partition coefficient (Wildman–Crippen LogP) is 3.18. The SMILES string of the molecule is CC(C)N1CCN(C(C)C)C1NN([Si](C)(C)C)[Si](C)(C)C. The van der Waals surface area contributed by atoms with E-state index in [9.17, 15) is 0 Å². The van der Waals surface area contributed by atoms with Crippen molar-refractivity contribution in [3.8, 4) is 0 Å². The largest absolute Gasteiger partial charge is 0.284 e. The molecule has 21 heavy (non-hydrogen) atoms. The van der Waals surface area contributed by atoms with E-state index < -0.39 is 16.5 Å². The third kappa shape index (κ3) is 4.87. The number of nitrogens with one attached hydrogen (secondary N) is 1. The van der Waals surface area contributed by atoms with E-state index in [0.29, 0.717) is 18.4 Å². The summed E-state index contributed by atoms with van der Waals surface area (Å²) < 4.78 is 2.70. The van der Waals surface area contributed by atoms with E-state index in [-0.39, 0.29) is 0 Å². The lowest BCUT2D eigenvalue weighted by atomic mass is 10.3. The van der Waals surface area contributed by atoms with Crippen LogP contribution in [0.4, 0.5) is 0 Å². The molecule has 0 spiro atoms. The number of hydrazine groups is 1. The van der Waals surface area contributed by atoms with Gasteiger partial charge in [-0.2, -0.15) is 0 Å². The fraction of sp³-hybridized carbons (Fsp3) is 1.00. The van der Waals surface area contributed by atoms with Crippen molar-refractivity contribution in [3.05, 3.63) is 0 Å². The Hall–Kier alpha value is 0.274. The first kappa shape index (κ1) is 19.3. The Balaban J connectivity index is 3.02. The van der Waals surface area contributed by atoms with E-state index in [1.807, 2.05) is 0 Å². The summed E-state index contributed by atoms with van der Waals surface area (Å²) in [6, 6.07) is 1.16. The molecule has 1 N–H and O–H groups in total. The highest BCUT2D eigenvalue weighted by Crippen LogP contribution is 2.23. The second-order valence-corrected chi connectivity index (χ2v) is 18.9. The molecule has 0 atom stereocenters. The highest BCUT2D eigenvalue weighted by atomic mass is 28.4. The van der Waals surface area contributed by atoms with E-state index >= 15 is 0 Å². The Bertz CT molecular complexity index is 304. The predicted molar refractivity (Wildman–Crippen MR) is 99.1 cm³/mol. The van der Waals surface area contributed by atoms with E-state index in [0.717, 1.165) is 0 Å². The molecule has 0 unspecified atom stereocenters. The third-order valence-corrected chi connectivity index (χ3v) is 11.1. The van der Waals surface area contributed by atoms with Gasteiger partial charge in [-0.3, -0.25) is 14.1 Å². The number of hydrogen-bond acceptors (Lipinski definition) is 4. The molecule has 1 aliphatic heterocycles. The van der Waals surface area contributed by atoms with Crippen molar-refractivity contribution in [1.82, 2.24) is 19.6 Å². The molecule has 0 bridgehead atoms. The van der Waals surface area contributed by atoms with Crippen LogP contribution in [0.25, 0.3) is 0 Å². The van der Waals surface area contributed by atoms with E-state index in [1.54, 1.807) is 0 Å². The standard InChI is InChI=1S/C15H38N4Si2/c1-13(2)17-11-12-18(14(3)4)15(17)16-19(20(5,6)7)21(8,9)10/h13-16H,11-12H2,1-10H3. The summed E-state index contributed by atoms with van der Waals surface area (Å²) in [5.74, 6) is 0. The highest BCUT2D eigenvalue weighted by Gasteiger charge is 2.41. The number of hydrogen-bond donors (Lipinski definition) is 1. The first-order chi connectivity index (χ1) is 9.35. The minimum absolute atomic E-state index is 0.350. The molecule has 1 aliphatic rings. The van der Waals surface area contributed by atoms with Gasteiger partial charge in [0.25, 0.3) is 0 Å². The van der Waals surface area contributed by atoms with Gasteiger partial charge in [-0.25, -0.2) is 5.43 Å². The molecule has 4 nitrogen and oxygen atoms in total. The van der Waals surface area contributed by atoms with Crippen LogP contribution in [-0.2, 0) is 0 Å². The average molecular weight is 331 g/mol. The van der Waals surface area contributed by atoms with Crippen LogP contribution in [0.3, 0.4) is 0 Å². The van der Waals surface area contributed by atoms with Gasteiger partial charge in [-0.05, 0) is 27.7 Å². The lowest BCUT2D eigenvalue weighted by Gasteiger charge is -2.48. The normalized spacial score (nSPS) is 20.4. The summed E-state index contributed by atoms with van der Waals surface area (Å²) in [4.78, 5) is 5.21. The minimum atomic E-state index is -1.39. The summed E-state index contributed by atoms with van der Waals surface area (Å²) in [5, 5.41) is 0. The van der Waals surface area contributed by atoms with Crippen molar-refractivity contribution >= 4 is 16.5 Å². The Morgan fingerprint density at radius 3 is 1.38 bits per heavy atom. The second-order valence-electron chi connectivity index (χ2n) is 8.84. The van der Waals surface area contributed by atoms with Gasteiger partial charge in [0.2, 0.25) is 0 Å². The molecule has 1 rings (SSSR count). The maximum Gasteiger partial charge on any atom is 0.129 e. The topological polar surface area (TPSA) is 21.8 Å².